The third-order valence-electron chi connectivity index (χ3n) is 3.32. The van der Waals surface area contributed by atoms with Crippen molar-refractivity contribution in [2.24, 2.45) is 5.92 Å². The first-order chi connectivity index (χ1) is 6.12. The molecule has 76 valence electrons. The minimum absolute atomic E-state index is 0.0397. The summed E-state index contributed by atoms with van der Waals surface area (Å²) in [6, 6.07) is 0. The molecule has 2 bridgehead atoms. The highest BCUT2D eigenvalue weighted by atomic mass is 79.9. The van der Waals surface area contributed by atoms with Gasteiger partial charge in [-0.1, -0.05) is 35.2 Å². The van der Waals surface area contributed by atoms with Crippen molar-refractivity contribution in [3.63, 3.8) is 0 Å². The van der Waals surface area contributed by atoms with Crippen LogP contribution in [0.15, 0.2) is 0 Å². The summed E-state index contributed by atoms with van der Waals surface area (Å²) >= 11 is 3.35. The minimum atomic E-state index is -2.83. The van der Waals surface area contributed by atoms with Crippen molar-refractivity contribution in [2.45, 2.75) is 47.9 Å². The SMILES string of the molecule is O=S1(=O)[C@@H]2CCCCC[C@H](C2)[C@@H]1Br. The molecule has 0 aromatic rings. The smallest absolute Gasteiger partial charge is 0.166 e. The van der Waals surface area contributed by atoms with Crippen LogP contribution in [-0.2, 0) is 9.84 Å². The van der Waals surface area contributed by atoms with Crippen LogP contribution in [0.25, 0.3) is 0 Å². The first kappa shape index (κ1) is 9.97. The molecule has 0 unspecified atom stereocenters. The second kappa shape index (κ2) is 3.54. The molecular weight excluding hydrogens is 252 g/mol. The van der Waals surface area contributed by atoms with E-state index in [9.17, 15) is 8.42 Å². The summed E-state index contributed by atoms with van der Waals surface area (Å²) in [4.78, 5) is 0. The fourth-order valence-electron chi connectivity index (χ4n) is 2.52. The van der Waals surface area contributed by atoms with Crippen molar-refractivity contribution in [2.75, 3.05) is 0 Å². The van der Waals surface area contributed by atoms with Gasteiger partial charge in [0.1, 0.15) is 4.16 Å². The van der Waals surface area contributed by atoms with Crippen LogP contribution in [0.1, 0.15) is 38.5 Å². The second-order valence-electron chi connectivity index (χ2n) is 4.20. The summed E-state index contributed by atoms with van der Waals surface area (Å²) in [7, 11) is -2.83. The Morgan fingerprint density at radius 1 is 1.08 bits per heavy atom. The highest BCUT2D eigenvalue weighted by Crippen LogP contribution is 2.42. The fourth-order valence-corrected chi connectivity index (χ4v) is 6.08. The maximum Gasteiger partial charge on any atom is 0.166 e. The van der Waals surface area contributed by atoms with Crippen LogP contribution in [0, 0.1) is 5.92 Å². The molecule has 1 saturated heterocycles. The Morgan fingerprint density at radius 3 is 2.54 bits per heavy atom. The topological polar surface area (TPSA) is 34.1 Å². The zero-order valence-corrected chi connectivity index (χ0v) is 9.98. The largest absolute Gasteiger partial charge is 0.227 e. The summed E-state index contributed by atoms with van der Waals surface area (Å²) in [5.41, 5.74) is 0. The predicted octanol–water partition coefficient (Wildman–Crippen LogP) is 2.47. The predicted molar refractivity (Wildman–Crippen MR) is 56.6 cm³/mol. The van der Waals surface area contributed by atoms with Crippen LogP contribution in [-0.4, -0.2) is 17.8 Å². The quantitative estimate of drug-likeness (QED) is 0.632. The van der Waals surface area contributed by atoms with Crippen molar-refractivity contribution >= 4 is 25.8 Å². The van der Waals surface area contributed by atoms with E-state index in [1.54, 1.807) is 0 Å². The van der Waals surface area contributed by atoms with E-state index in [0.717, 1.165) is 25.7 Å². The van der Waals surface area contributed by atoms with Crippen LogP contribution in [0.5, 0.6) is 0 Å². The lowest BCUT2D eigenvalue weighted by Crippen LogP contribution is -2.19. The van der Waals surface area contributed by atoms with Crippen LogP contribution in [0.4, 0.5) is 0 Å². The third-order valence-corrected chi connectivity index (χ3v) is 8.00. The van der Waals surface area contributed by atoms with Gasteiger partial charge in [0.2, 0.25) is 0 Å². The summed E-state index contributed by atoms with van der Waals surface area (Å²) < 4.78 is 23.4. The van der Waals surface area contributed by atoms with Crippen LogP contribution in [0.2, 0.25) is 0 Å². The monoisotopic (exact) mass is 266 g/mol. The second-order valence-corrected chi connectivity index (χ2v) is 8.14. The Hall–Kier alpha value is 0.430. The maximum atomic E-state index is 11.8. The molecule has 13 heavy (non-hydrogen) atoms. The number of hydrogen-bond acceptors (Lipinski definition) is 2. The highest BCUT2D eigenvalue weighted by Gasteiger charge is 2.45. The number of fused-ring (bicyclic) bond motifs is 2. The zero-order chi connectivity index (χ0) is 9.47. The van der Waals surface area contributed by atoms with Gasteiger partial charge in [0, 0.05) is 0 Å². The molecule has 0 radical (unpaired) electrons. The molecule has 0 N–H and O–H groups in total. The van der Waals surface area contributed by atoms with Gasteiger partial charge in [-0.25, -0.2) is 8.42 Å². The van der Waals surface area contributed by atoms with Crippen molar-refractivity contribution in [3.05, 3.63) is 0 Å². The molecule has 0 aromatic heterocycles. The van der Waals surface area contributed by atoms with E-state index in [1.807, 2.05) is 0 Å². The van der Waals surface area contributed by atoms with E-state index in [2.05, 4.69) is 15.9 Å². The standard InChI is InChI=1S/C9H15BrO2S/c10-9-7-4-2-1-3-5-8(6-7)13(9,11)12/h7-9H,1-6H2/t7-,8-,9-/m1/s1. The van der Waals surface area contributed by atoms with E-state index in [4.69, 9.17) is 0 Å². The number of sulfone groups is 1. The first-order valence-electron chi connectivity index (χ1n) is 4.99. The molecule has 1 heterocycles. The fraction of sp³-hybridized carbons (Fsp3) is 1.00. The van der Waals surface area contributed by atoms with Crippen molar-refractivity contribution < 1.29 is 8.42 Å². The summed E-state index contributed by atoms with van der Waals surface area (Å²) in [6.07, 6.45) is 6.39. The molecule has 2 aliphatic rings. The molecule has 1 saturated carbocycles. The molecule has 1 aliphatic heterocycles. The third kappa shape index (κ3) is 1.67. The molecule has 2 nitrogen and oxygen atoms in total. The molecule has 0 aromatic carbocycles. The maximum absolute atomic E-state index is 11.8. The van der Waals surface area contributed by atoms with Gasteiger partial charge in [-0.3, -0.25) is 0 Å². The van der Waals surface area contributed by atoms with E-state index < -0.39 is 9.84 Å². The average Bonchev–Trinajstić information content (AvgIpc) is 2.23. The lowest BCUT2D eigenvalue weighted by atomic mass is 9.93. The summed E-state index contributed by atoms with van der Waals surface area (Å²) in [5.74, 6) is 0.385. The Balaban J connectivity index is 2.26. The Bertz CT molecular complexity index is 286. The van der Waals surface area contributed by atoms with Gasteiger partial charge in [-0.05, 0) is 25.2 Å². The highest BCUT2D eigenvalue weighted by molar-refractivity contribution is 9.11. The molecule has 2 rings (SSSR count). The molecule has 0 amide bonds. The molecule has 0 spiro atoms. The van der Waals surface area contributed by atoms with Crippen LogP contribution in [0.3, 0.4) is 0 Å². The summed E-state index contributed by atoms with van der Waals surface area (Å²) in [5, 5.41) is -0.0397. The first-order valence-corrected chi connectivity index (χ1v) is 7.51. The van der Waals surface area contributed by atoms with E-state index >= 15 is 0 Å². The van der Waals surface area contributed by atoms with Gasteiger partial charge in [-0.2, -0.15) is 0 Å². The minimum Gasteiger partial charge on any atom is -0.227 e. The van der Waals surface area contributed by atoms with Crippen molar-refractivity contribution in [3.8, 4) is 0 Å². The lowest BCUT2D eigenvalue weighted by Gasteiger charge is -2.13. The number of hydrogen-bond donors (Lipinski definition) is 0. The number of rotatable bonds is 0. The lowest BCUT2D eigenvalue weighted by molar-refractivity contribution is 0.428. The molecule has 4 heteroatoms. The van der Waals surface area contributed by atoms with Gasteiger partial charge < -0.3 is 0 Å². The van der Waals surface area contributed by atoms with Crippen LogP contribution >= 0.6 is 15.9 Å². The van der Waals surface area contributed by atoms with E-state index in [-0.39, 0.29) is 9.41 Å². The van der Waals surface area contributed by atoms with Gasteiger partial charge in [0.05, 0.1) is 5.25 Å². The van der Waals surface area contributed by atoms with Crippen molar-refractivity contribution in [1.29, 1.82) is 0 Å². The Kier molecular flexibility index (Phi) is 2.71. The van der Waals surface area contributed by atoms with Gasteiger partial charge in [-0.15, -0.1) is 0 Å². The molecular formula is C9H15BrO2S. The van der Waals surface area contributed by atoms with Gasteiger partial charge in [0.25, 0.3) is 0 Å². The Morgan fingerprint density at radius 2 is 1.77 bits per heavy atom. The Labute approximate surface area is 88.1 Å². The van der Waals surface area contributed by atoms with E-state index in [0.29, 0.717) is 5.92 Å². The zero-order valence-electron chi connectivity index (χ0n) is 7.58. The van der Waals surface area contributed by atoms with Crippen LogP contribution < -0.4 is 0 Å². The number of alkyl halides is 1. The van der Waals surface area contributed by atoms with E-state index in [1.165, 1.54) is 12.8 Å². The van der Waals surface area contributed by atoms with Crippen molar-refractivity contribution in [1.82, 2.24) is 0 Å². The normalized spacial score (nSPS) is 43.9. The summed E-state index contributed by atoms with van der Waals surface area (Å²) in [6.45, 7) is 0. The molecule has 1 aliphatic carbocycles. The molecule has 3 atom stereocenters. The van der Waals surface area contributed by atoms with Gasteiger partial charge >= 0.3 is 0 Å². The molecule has 2 fully saturated rings. The number of halogens is 1. The van der Waals surface area contributed by atoms with Gasteiger partial charge in [0.15, 0.2) is 9.84 Å². The average molecular weight is 267 g/mol.